The number of nitrogens with zero attached hydrogens (tertiary/aromatic N) is 3. The maximum Gasteiger partial charge on any atom is 0.204 e. The Morgan fingerprint density at radius 3 is 2.67 bits per heavy atom. The van der Waals surface area contributed by atoms with Crippen molar-refractivity contribution in [1.29, 1.82) is 5.26 Å². The van der Waals surface area contributed by atoms with E-state index in [1.165, 1.54) is 0 Å². The predicted octanol–water partition coefficient (Wildman–Crippen LogP) is 3.62. The van der Waals surface area contributed by atoms with Crippen molar-refractivity contribution in [2.24, 2.45) is 0 Å². The van der Waals surface area contributed by atoms with Crippen LogP contribution < -0.4 is 4.74 Å². The van der Waals surface area contributed by atoms with Gasteiger partial charge in [0.2, 0.25) is 5.28 Å². The van der Waals surface area contributed by atoms with Gasteiger partial charge in [-0.15, -0.1) is 0 Å². The highest BCUT2D eigenvalue weighted by Gasteiger charge is 2.10. The topological polar surface area (TPSA) is 50.8 Å². The average molecular weight is 298 g/mol. The molecule has 21 heavy (non-hydrogen) atoms. The molecule has 0 fully saturated rings. The first kappa shape index (κ1) is 13.5. The highest BCUT2D eigenvalue weighted by Crippen LogP contribution is 2.25. The zero-order chi connectivity index (χ0) is 14.8. The van der Waals surface area contributed by atoms with Gasteiger partial charge < -0.3 is 9.30 Å². The summed E-state index contributed by atoms with van der Waals surface area (Å²) in [5.41, 5.74) is 3.44. The highest BCUT2D eigenvalue weighted by atomic mass is 35.5. The maximum atomic E-state index is 8.83. The van der Waals surface area contributed by atoms with Gasteiger partial charge in [-0.3, -0.25) is 0 Å². The first-order valence-electron chi connectivity index (χ1n) is 6.40. The summed E-state index contributed by atoms with van der Waals surface area (Å²) in [5.74, 6) is 0.764. The molecule has 1 aromatic heterocycles. The van der Waals surface area contributed by atoms with Crippen LogP contribution in [0.3, 0.4) is 0 Å². The molecule has 0 amide bonds. The van der Waals surface area contributed by atoms with Gasteiger partial charge in [-0.05, 0) is 41.4 Å². The number of hydrogen-bond donors (Lipinski definition) is 0. The van der Waals surface area contributed by atoms with E-state index in [0.717, 1.165) is 22.3 Å². The lowest BCUT2D eigenvalue weighted by molar-refractivity contribution is 0.415. The van der Waals surface area contributed by atoms with Gasteiger partial charge in [-0.2, -0.15) is 5.26 Å². The molecule has 0 aliphatic carbocycles. The molecule has 0 radical (unpaired) electrons. The largest absolute Gasteiger partial charge is 0.497 e. The molecule has 3 aromatic rings. The van der Waals surface area contributed by atoms with Gasteiger partial charge in [0, 0.05) is 6.07 Å². The number of hydrogen-bond acceptors (Lipinski definition) is 3. The summed E-state index contributed by atoms with van der Waals surface area (Å²) in [5, 5.41) is 9.26. The second kappa shape index (κ2) is 5.47. The molecular formula is C16H12ClN3O. The van der Waals surface area contributed by atoms with Crippen LogP contribution in [0.1, 0.15) is 11.1 Å². The molecule has 2 aromatic carbocycles. The molecule has 4 nitrogen and oxygen atoms in total. The first-order valence-corrected chi connectivity index (χ1v) is 6.78. The molecule has 0 unspecified atom stereocenters. The summed E-state index contributed by atoms with van der Waals surface area (Å²) in [6.45, 7) is 0.591. The molecular weight excluding hydrogens is 286 g/mol. The Balaban J connectivity index is 2.02. The molecule has 0 spiro atoms. The zero-order valence-electron chi connectivity index (χ0n) is 11.4. The Bertz CT molecular complexity index is 831. The maximum absolute atomic E-state index is 8.83. The van der Waals surface area contributed by atoms with Crippen molar-refractivity contribution in [2.45, 2.75) is 6.54 Å². The van der Waals surface area contributed by atoms with Crippen molar-refractivity contribution in [3.8, 4) is 11.8 Å². The minimum Gasteiger partial charge on any atom is -0.497 e. The van der Waals surface area contributed by atoms with Gasteiger partial charge in [0.1, 0.15) is 5.75 Å². The number of aromatic nitrogens is 2. The second-order valence-electron chi connectivity index (χ2n) is 4.63. The SMILES string of the molecule is COc1ccc2nc(Cl)n(Cc3ccc(C#N)cc3)c2c1. The van der Waals surface area contributed by atoms with Crippen LogP contribution in [0.25, 0.3) is 11.0 Å². The summed E-state index contributed by atoms with van der Waals surface area (Å²) in [6.07, 6.45) is 0. The zero-order valence-corrected chi connectivity index (χ0v) is 12.1. The van der Waals surface area contributed by atoms with E-state index in [4.69, 9.17) is 21.6 Å². The lowest BCUT2D eigenvalue weighted by Gasteiger charge is -2.07. The Morgan fingerprint density at radius 2 is 2.00 bits per heavy atom. The number of halogens is 1. The van der Waals surface area contributed by atoms with Crippen LogP contribution >= 0.6 is 11.6 Å². The Kier molecular flexibility index (Phi) is 3.51. The Labute approximate surface area is 127 Å². The Hall–Kier alpha value is -2.51. The second-order valence-corrected chi connectivity index (χ2v) is 4.97. The van der Waals surface area contributed by atoms with Crippen LogP contribution in [0.2, 0.25) is 5.28 Å². The van der Waals surface area contributed by atoms with Gasteiger partial charge in [0.15, 0.2) is 0 Å². The number of methoxy groups -OCH3 is 1. The smallest absolute Gasteiger partial charge is 0.204 e. The number of fused-ring (bicyclic) bond motifs is 1. The third kappa shape index (κ3) is 2.56. The van der Waals surface area contributed by atoms with Crippen LogP contribution in [0.4, 0.5) is 0 Å². The van der Waals surface area contributed by atoms with Crippen molar-refractivity contribution < 1.29 is 4.74 Å². The molecule has 0 aliphatic heterocycles. The molecule has 5 heteroatoms. The number of nitriles is 1. The lowest BCUT2D eigenvalue weighted by atomic mass is 10.1. The van der Waals surface area contributed by atoms with Crippen molar-refractivity contribution in [1.82, 2.24) is 9.55 Å². The van der Waals surface area contributed by atoms with Gasteiger partial charge >= 0.3 is 0 Å². The molecule has 0 atom stereocenters. The number of ether oxygens (including phenoxy) is 1. The summed E-state index contributed by atoms with van der Waals surface area (Å²) in [6, 6.07) is 15.2. The third-order valence-corrected chi connectivity index (χ3v) is 3.62. The van der Waals surface area contributed by atoms with E-state index in [2.05, 4.69) is 11.1 Å². The monoisotopic (exact) mass is 297 g/mol. The summed E-state index contributed by atoms with van der Waals surface area (Å²) in [4.78, 5) is 4.34. The van der Waals surface area contributed by atoms with Crippen LogP contribution in [-0.2, 0) is 6.54 Å². The van der Waals surface area contributed by atoms with E-state index >= 15 is 0 Å². The number of rotatable bonds is 3. The molecule has 0 saturated carbocycles. The van der Waals surface area contributed by atoms with Gasteiger partial charge in [-0.25, -0.2) is 4.98 Å². The fourth-order valence-corrected chi connectivity index (χ4v) is 2.46. The fraction of sp³-hybridized carbons (Fsp3) is 0.125. The van der Waals surface area contributed by atoms with Gasteiger partial charge in [0.05, 0.1) is 36.3 Å². The molecule has 3 rings (SSSR count). The van der Waals surface area contributed by atoms with Crippen LogP contribution in [-0.4, -0.2) is 16.7 Å². The summed E-state index contributed by atoms with van der Waals surface area (Å²) in [7, 11) is 1.63. The normalized spacial score (nSPS) is 10.5. The highest BCUT2D eigenvalue weighted by molar-refractivity contribution is 6.29. The molecule has 104 valence electrons. The summed E-state index contributed by atoms with van der Waals surface area (Å²) < 4.78 is 7.16. The standard InChI is InChI=1S/C16H12ClN3O/c1-21-13-6-7-14-15(8-13)20(16(17)19-14)10-12-4-2-11(9-18)3-5-12/h2-8H,10H2,1H3. The van der Waals surface area contributed by atoms with E-state index in [9.17, 15) is 0 Å². The fourth-order valence-electron chi connectivity index (χ4n) is 2.22. The predicted molar refractivity (Wildman–Crippen MR) is 81.6 cm³/mol. The van der Waals surface area contributed by atoms with Crippen molar-refractivity contribution in [2.75, 3.05) is 7.11 Å². The summed E-state index contributed by atoms with van der Waals surface area (Å²) >= 11 is 6.23. The van der Waals surface area contributed by atoms with Crippen LogP contribution in [0, 0.1) is 11.3 Å². The minimum absolute atomic E-state index is 0.433. The molecule has 0 saturated heterocycles. The van der Waals surface area contributed by atoms with Crippen molar-refractivity contribution in [3.05, 3.63) is 58.9 Å². The molecule has 0 bridgehead atoms. The van der Waals surface area contributed by atoms with Gasteiger partial charge in [-0.1, -0.05) is 12.1 Å². The van der Waals surface area contributed by atoms with E-state index in [1.807, 2.05) is 34.9 Å². The van der Waals surface area contributed by atoms with E-state index in [-0.39, 0.29) is 0 Å². The number of imidazole rings is 1. The van der Waals surface area contributed by atoms with Crippen LogP contribution in [0.15, 0.2) is 42.5 Å². The lowest BCUT2D eigenvalue weighted by Crippen LogP contribution is -2.00. The minimum atomic E-state index is 0.433. The van der Waals surface area contributed by atoms with Crippen LogP contribution in [0.5, 0.6) is 5.75 Å². The van der Waals surface area contributed by atoms with E-state index in [0.29, 0.717) is 17.4 Å². The molecule has 0 aliphatic rings. The molecule has 0 N–H and O–H groups in total. The molecule has 1 heterocycles. The van der Waals surface area contributed by atoms with Gasteiger partial charge in [0.25, 0.3) is 0 Å². The quantitative estimate of drug-likeness (QED) is 0.742. The third-order valence-electron chi connectivity index (χ3n) is 3.33. The van der Waals surface area contributed by atoms with Crippen molar-refractivity contribution in [3.63, 3.8) is 0 Å². The number of benzene rings is 2. The van der Waals surface area contributed by atoms with E-state index < -0.39 is 0 Å². The Morgan fingerprint density at radius 1 is 1.24 bits per heavy atom. The van der Waals surface area contributed by atoms with Crippen molar-refractivity contribution >= 4 is 22.6 Å². The average Bonchev–Trinajstić information content (AvgIpc) is 2.83. The first-order chi connectivity index (χ1) is 10.2. The van der Waals surface area contributed by atoms with E-state index in [1.54, 1.807) is 19.2 Å².